The number of rotatable bonds is 12. The summed E-state index contributed by atoms with van der Waals surface area (Å²) in [4.78, 5) is 52.2. The lowest BCUT2D eigenvalue weighted by molar-refractivity contribution is -0.154. The van der Waals surface area contributed by atoms with Crippen molar-refractivity contribution in [3.8, 4) is 0 Å². The number of ether oxygens (including phenoxy) is 1. The molecule has 4 heterocycles. The maximum absolute atomic E-state index is 14.3. The largest absolute Gasteiger partial charge is 0.448 e. The minimum atomic E-state index is -0.945. The number of hydrogen-bond acceptors (Lipinski definition) is 14. The van der Waals surface area contributed by atoms with Gasteiger partial charge in [-0.3, -0.25) is 14.5 Å². The summed E-state index contributed by atoms with van der Waals surface area (Å²) in [6.45, 7) is 3.84. The van der Waals surface area contributed by atoms with Gasteiger partial charge in [-0.2, -0.15) is 5.21 Å². The third-order valence-corrected chi connectivity index (χ3v) is 10.3. The van der Waals surface area contributed by atoms with Crippen LogP contribution >= 0.6 is 34.9 Å². The second-order valence-electron chi connectivity index (χ2n) is 10.2. The standard InChI is InChI=1S/C30H29N9O5S3/c1-3-43-36-21(20-15-46-29(31)32-20)25(40)33-22-26(41)39-23(19(14-45-27(22)39)16(2)47-30-34-37-38-35-30)28(42)44-24(17-10-6-4-7-11-17)18-12-8-5-9-13-18/h4-13,15-16,22,24,27H,3,14H2,1-2H3,(H2,31,32)(H,33,40)(H,34,35,37,38)/t16?,22-,27-/m1/s1. The van der Waals surface area contributed by atoms with Crippen LogP contribution in [-0.2, 0) is 24.0 Å². The van der Waals surface area contributed by atoms with Crippen molar-refractivity contribution in [2.45, 2.75) is 41.8 Å². The molecule has 242 valence electrons. The molecule has 2 aromatic carbocycles. The molecule has 1 fully saturated rings. The van der Waals surface area contributed by atoms with Crippen molar-refractivity contribution in [3.05, 3.63) is 94.1 Å². The van der Waals surface area contributed by atoms with Crippen LogP contribution in [0.4, 0.5) is 5.13 Å². The van der Waals surface area contributed by atoms with Gasteiger partial charge in [0.05, 0.1) is 0 Å². The zero-order valence-corrected chi connectivity index (χ0v) is 27.6. The molecule has 47 heavy (non-hydrogen) atoms. The van der Waals surface area contributed by atoms with Gasteiger partial charge in [-0.1, -0.05) is 77.6 Å². The highest BCUT2D eigenvalue weighted by molar-refractivity contribution is 8.01. The van der Waals surface area contributed by atoms with E-state index in [0.29, 0.717) is 16.5 Å². The third kappa shape index (κ3) is 6.86. The lowest BCUT2D eigenvalue weighted by Gasteiger charge is -2.50. The molecule has 6 rings (SSSR count). The van der Waals surface area contributed by atoms with E-state index in [1.165, 1.54) is 28.4 Å². The Hall–Kier alpha value is -4.74. The van der Waals surface area contributed by atoms with Gasteiger partial charge < -0.3 is 20.6 Å². The average molecular weight is 692 g/mol. The van der Waals surface area contributed by atoms with Crippen LogP contribution in [0.2, 0.25) is 0 Å². The number of nitrogen functional groups attached to an aromatic ring is 1. The van der Waals surface area contributed by atoms with E-state index in [9.17, 15) is 14.4 Å². The van der Waals surface area contributed by atoms with E-state index in [1.807, 2.05) is 67.6 Å². The summed E-state index contributed by atoms with van der Waals surface area (Å²) in [5, 5.41) is 22.1. The van der Waals surface area contributed by atoms with Gasteiger partial charge in [0.25, 0.3) is 11.8 Å². The number of carbonyl (C=O) groups is 3. The number of thiazole rings is 1. The van der Waals surface area contributed by atoms with E-state index < -0.39 is 35.3 Å². The number of aromatic nitrogens is 5. The van der Waals surface area contributed by atoms with Gasteiger partial charge in [-0.05, 0) is 35.8 Å². The van der Waals surface area contributed by atoms with Gasteiger partial charge in [0.15, 0.2) is 16.9 Å². The second kappa shape index (κ2) is 14.4. The molecule has 3 atom stereocenters. The molecule has 14 nitrogen and oxygen atoms in total. The SMILES string of the molecule is CCON=C(C(=O)N[C@@H]1C(=O)N2C(C(=O)OC(c3ccccc3)c3ccccc3)=C(C(C)Sc3nn[nH]n3)CS[C@H]12)c1csc(N)n1. The van der Waals surface area contributed by atoms with E-state index in [0.717, 1.165) is 22.5 Å². The molecule has 0 aliphatic carbocycles. The van der Waals surface area contributed by atoms with Gasteiger partial charge in [0.2, 0.25) is 5.16 Å². The third-order valence-electron chi connectivity index (χ3n) is 7.27. The number of hydrogen-bond donors (Lipinski definition) is 3. The first-order chi connectivity index (χ1) is 22.9. The molecule has 0 radical (unpaired) electrons. The van der Waals surface area contributed by atoms with Crippen LogP contribution in [0.25, 0.3) is 0 Å². The molecule has 4 N–H and O–H groups in total. The van der Waals surface area contributed by atoms with Crippen LogP contribution in [0.1, 0.15) is 36.8 Å². The first kappa shape index (κ1) is 32.2. The van der Waals surface area contributed by atoms with Crippen LogP contribution in [-0.4, -0.2) is 83.0 Å². The lowest BCUT2D eigenvalue weighted by Crippen LogP contribution is -2.71. The maximum atomic E-state index is 14.3. The molecule has 2 aromatic heterocycles. The predicted octanol–water partition coefficient (Wildman–Crippen LogP) is 3.15. The molecule has 0 saturated carbocycles. The Morgan fingerprint density at radius 2 is 1.87 bits per heavy atom. The molecule has 2 aliphatic heterocycles. The average Bonchev–Trinajstić information content (AvgIpc) is 3.77. The van der Waals surface area contributed by atoms with E-state index >= 15 is 0 Å². The van der Waals surface area contributed by atoms with Gasteiger partial charge in [0, 0.05) is 16.4 Å². The van der Waals surface area contributed by atoms with Crippen LogP contribution in [0.3, 0.4) is 0 Å². The van der Waals surface area contributed by atoms with Crippen molar-refractivity contribution in [2.24, 2.45) is 5.16 Å². The number of nitrogens with zero attached hydrogens (tertiary/aromatic N) is 6. The van der Waals surface area contributed by atoms with Gasteiger partial charge in [-0.25, -0.2) is 9.78 Å². The number of aromatic amines is 1. The highest BCUT2D eigenvalue weighted by Crippen LogP contribution is 2.44. The quantitative estimate of drug-likeness (QED) is 0.0648. The molecular formula is C30H29N9O5S3. The summed E-state index contributed by atoms with van der Waals surface area (Å²) < 4.78 is 6.24. The smallest absolute Gasteiger partial charge is 0.356 e. The molecule has 1 unspecified atom stereocenters. The Kier molecular flexibility index (Phi) is 9.84. The topological polar surface area (TPSA) is 191 Å². The summed E-state index contributed by atoms with van der Waals surface area (Å²) in [5.74, 6) is -1.42. The van der Waals surface area contributed by atoms with Crippen molar-refractivity contribution >= 4 is 63.5 Å². The Labute approximate surface area is 281 Å². The van der Waals surface area contributed by atoms with Crippen LogP contribution < -0.4 is 11.1 Å². The fraction of sp³-hybridized carbons (Fsp3) is 0.267. The summed E-state index contributed by atoms with van der Waals surface area (Å²) in [7, 11) is 0. The first-order valence-corrected chi connectivity index (χ1v) is 17.3. The zero-order chi connectivity index (χ0) is 32.9. The Morgan fingerprint density at radius 3 is 2.47 bits per heavy atom. The highest BCUT2D eigenvalue weighted by atomic mass is 32.2. The number of amides is 2. The van der Waals surface area contributed by atoms with Crippen molar-refractivity contribution in [2.75, 3.05) is 18.1 Å². The summed E-state index contributed by atoms with van der Waals surface area (Å²) in [6.07, 6.45) is -0.735. The summed E-state index contributed by atoms with van der Waals surface area (Å²) in [5.41, 5.74) is 8.23. The maximum Gasteiger partial charge on any atom is 0.356 e. The fourth-order valence-electron chi connectivity index (χ4n) is 5.06. The van der Waals surface area contributed by atoms with Crippen molar-refractivity contribution < 1.29 is 24.0 Å². The van der Waals surface area contributed by atoms with Crippen LogP contribution in [0, 0.1) is 0 Å². The molecule has 1 saturated heterocycles. The Balaban J connectivity index is 1.30. The van der Waals surface area contributed by atoms with Gasteiger partial charge in [-0.15, -0.1) is 33.3 Å². The number of nitrogens with one attached hydrogen (secondary N) is 2. The number of carbonyl (C=O) groups excluding carboxylic acids is 3. The lowest BCUT2D eigenvalue weighted by atomic mass is 10.00. The number of oxime groups is 1. The number of β-lactam (4-membered cyclic amide) rings is 1. The Morgan fingerprint density at radius 1 is 1.17 bits per heavy atom. The predicted molar refractivity (Wildman–Crippen MR) is 177 cm³/mol. The first-order valence-electron chi connectivity index (χ1n) is 14.5. The number of H-pyrrole nitrogens is 1. The number of thioether (sulfide) groups is 2. The number of fused-ring (bicyclic) bond motifs is 1. The molecule has 0 spiro atoms. The van der Waals surface area contributed by atoms with Crippen molar-refractivity contribution in [1.29, 1.82) is 0 Å². The minimum absolute atomic E-state index is 0.110. The van der Waals surface area contributed by atoms with Crippen LogP contribution in [0.5, 0.6) is 0 Å². The van der Waals surface area contributed by atoms with Gasteiger partial charge in [0.1, 0.15) is 29.4 Å². The molecule has 4 aromatic rings. The van der Waals surface area contributed by atoms with E-state index in [1.54, 1.807) is 12.3 Å². The summed E-state index contributed by atoms with van der Waals surface area (Å²) >= 11 is 3.86. The molecule has 17 heteroatoms. The number of nitrogens with two attached hydrogens (primary N) is 1. The normalized spacial score (nSPS) is 18.4. The fourth-order valence-corrected chi connectivity index (χ4v) is 8.02. The minimum Gasteiger partial charge on any atom is -0.448 e. The summed E-state index contributed by atoms with van der Waals surface area (Å²) in [6, 6.07) is 17.8. The second-order valence-corrected chi connectivity index (χ2v) is 13.5. The van der Waals surface area contributed by atoms with Crippen molar-refractivity contribution in [3.63, 3.8) is 0 Å². The van der Waals surface area contributed by atoms with E-state index in [4.69, 9.17) is 15.3 Å². The van der Waals surface area contributed by atoms with Crippen molar-refractivity contribution in [1.82, 2.24) is 35.8 Å². The van der Waals surface area contributed by atoms with Crippen LogP contribution in [0.15, 0.2) is 87.6 Å². The molecule has 2 amide bonds. The molecular weight excluding hydrogens is 663 g/mol. The number of tetrazole rings is 1. The number of anilines is 1. The van der Waals surface area contributed by atoms with E-state index in [-0.39, 0.29) is 34.1 Å². The van der Waals surface area contributed by atoms with E-state index in [2.05, 4.69) is 36.1 Å². The number of benzene rings is 2. The number of esters is 1. The monoisotopic (exact) mass is 691 g/mol. The Bertz CT molecular complexity index is 1760. The highest BCUT2D eigenvalue weighted by Gasteiger charge is 2.55. The molecule has 0 bridgehead atoms. The van der Waals surface area contributed by atoms with Gasteiger partial charge >= 0.3 is 5.97 Å². The molecule has 2 aliphatic rings. The zero-order valence-electron chi connectivity index (χ0n) is 25.1.